The van der Waals surface area contributed by atoms with Crippen molar-refractivity contribution in [3.63, 3.8) is 0 Å². The molecule has 0 unspecified atom stereocenters. The molecule has 0 bridgehead atoms. The molecule has 0 heterocycles. The zero-order chi connectivity index (χ0) is 10.9. The van der Waals surface area contributed by atoms with E-state index in [1.54, 1.807) is 12.1 Å². The van der Waals surface area contributed by atoms with Crippen molar-refractivity contribution in [2.24, 2.45) is 5.73 Å². The number of nitrogens with one attached hydrogen (secondary N) is 1. The standard InChI is InChI=1S/C11H13FN2O/c12-9-3-1-8(2-4-9)11(5-6-11)14-10(15)7-13/h1-4H,5-7,13H2,(H,14,15). The molecule has 0 aromatic heterocycles. The van der Waals surface area contributed by atoms with E-state index in [0.717, 1.165) is 18.4 Å². The minimum Gasteiger partial charge on any atom is -0.345 e. The number of carbonyl (C=O) groups excluding carboxylic acids is 1. The molecule has 1 amide bonds. The smallest absolute Gasteiger partial charge is 0.234 e. The van der Waals surface area contributed by atoms with Crippen LogP contribution in [0.3, 0.4) is 0 Å². The first kappa shape index (κ1) is 10.1. The summed E-state index contributed by atoms with van der Waals surface area (Å²) in [5, 5.41) is 2.87. The van der Waals surface area contributed by atoms with Gasteiger partial charge in [-0.2, -0.15) is 0 Å². The van der Waals surface area contributed by atoms with E-state index in [2.05, 4.69) is 5.32 Å². The number of hydrogen-bond acceptors (Lipinski definition) is 2. The van der Waals surface area contributed by atoms with Crippen molar-refractivity contribution in [2.75, 3.05) is 6.54 Å². The van der Waals surface area contributed by atoms with Crippen LogP contribution in [-0.4, -0.2) is 12.5 Å². The van der Waals surface area contributed by atoms with Gasteiger partial charge in [0, 0.05) is 0 Å². The van der Waals surface area contributed by atoms with Gasteiger partial charge in [0.15, 0.2) is 0 Å². The molecule has 1 aliphatic rings. The first-order chi connectivity index (χ1) is 7.16. The Kier molecular flexibility index (Phi) is 2.44. The quantitative estimate of drug-likeness (QED) is 0.775. The third-order valence-corrected chi connectivity index (χ3v) is 2.71. The van der Waals surface area contributed by atoms with Gasteiger partial charge in [0.2, 0.25) is 5.91 Å². The van der Waals surface area contributed by atoms with Crippen LogP contribution in [0.15, 0.2) is 24.3 Å². The van der Waals surface area contributed by atoms with Gasteiger partial charge in [-0.1, -0.05) is 12.1 Å². The van der Waals surface area contributed by atoms with Crippen LogP contribution in [-0.2, 0) is 10.3 Å². The fourth-order valence-corrected chi connectivity index (χ4v) is 1.70. The van der Waals surface area contributed by atoms with Gasteiger partial charge in [-0.15, -0.1) is 0 Å². The lowest BCUT2D eigenvalue weighted by Gasteiger charge is -2.17. The molecule has 1 aliphatic carbocycles. The second-order valence-corrected chi connectivity index (χ2v) is 3.84. The molecule has 0 radical (unpaired) electrons. The van der Waals surface area contributed by atoms with Gasteiger partial charge in [0.25, 0.3) is 0 Å². The van der Waals surface area contributed by atoms with E-state index < -0.39 is 0 Å². The molecule has 1 fully saturated rings. The Hall–Kier alpha value is -1.42. The molecule has 1 saturated carbocycles. The number of hydrogen-bond donors (Lipinski definition) is 2. The fraction of sp³-hybridized carbons (Fsp3) is 0.364. The number of carbonyl (C=O) groups is 1. The molecule has 15 heavy (non-hydrogen) atoms. The van der Waals surface area contributed by atoms with Crippen molar-refractivity contribution in [1.29, 1.82) is 0 Å². The van der Waals surface area contributed by atoms with Gasteiger partial charge >= 0.3 is 0 Å². The summed E-state index contributed by atoms with van der Waals surface area (Å²) in [6.07, 6.45) is 1.79. The molecule has 0 spiro atoms. The molecular formula is C11H13FN2O. The predicted octanol–water partition coefficient (Wildman–Crippen LogP) is 0.890. The van der Waals surface area contributed by atoms with E-state index in [0.29, 0.717) is 0 Å². The highest BCUT2D eigenvalue weighted by Crippen LogP contribution is 2.45. The molecule has 2 rings (SSSR count). The van der Waals surface area contributed by atoms with Gasteiger partial charge < -0.3 is 11.1 Å². The lowest BCUT2D eigenvalue weighted by atomic mass is 10.0. The van der Waals surface area contributed by atoms with E-state index in [1.165, 1.54) is 12.1 Å². The maximum absolute atomic E-state index is 12.7. The largest absolute Gasteiger partial charge is 0.345 e. The maximum Gasteiger partial charge on any atom is 0.234 e. The maximum atomic E-state index is 12.7. The normalized spacial score (nSPS) is 17.2. The van der Waals surface area contributed by atoms with Crippen LogP contribution in [0.1, 0.15) is 18.4 Å². The third kappa shape index (κ3) is 1.99. The Morgan fingerprint density at radius 1 is 1.40 bits per heavy atom. The van der Waals surface area contributed by atoms with Gasteiger partial charge in [-0.25, -0.2) is 4.39 Å². The second kappa shape index (κ2) is 3.62. The minimum absolute atomic E-state index is 0.0110. The number of halogens is 1. The topological polar surface area (TPSA) is 55.1 Å². The molecule has 0 aliphatic heterocycles. The van der Waals surface area contributed by atoms with Crippen LogP contribution in [0, 0.1) is 5.82 Å². The van der Waals surface area contributed by atoms with Crippen molar-refractivity contribution >= 4 is 5.91 Å². The minimum atomic E-state index is -0.288. The van der Waals surface area contributed by atoms with Crippen molar-refractivity contribution in [2.45, 2.75) is 18.4 Å². The van der Waals surface area contributed by atoms with Crippen LogP contribution in [0.5, 0.6) is 0 Å². The van der Waals surface area contributed by atoms with E-state index in [1.807, 2.05) is 0 Å². The van der Waals surface area contributed by atoms with Crippen LogP contribution in [0.4, 0.5) is 4.39 Å². The lowest BCUT2D eigenvalue weighted by molar-refractivity contribution is -0.120. The second-order valence-electron chi connectivity index (χ2n) is 3.84. The summed E-state index contributed by atoms with van der Waals surface area (Å²) in [4.78, 5) is 11.2. The SMILES string of the molecule is NCC(=O)NC1(c2ccc(F)cc2)CC1. The van der Waals surface area contributed by atoms with Crippen molar-refractivity contribution < 1.29 is 9.18 Å². The Labute approximate surface area is 87.5 Å². The number of benzene rings is 1. The van der Waals surface area contributed by atoms with Crippen LogP contribution in [0.2, 0.25) is 0 Å². The highest BCUT2D eigenvalue weighted by atomic mass is 19.1. The number of nitrogens with two attached hydrogens (primary N) is 1. The summed E-state index contributed by atoms with van der Waals surface area (Å²) in [6.45, 7) is -0.0110. The Morgan fingerprint density at radius 2 is 2.00 bits per heavy atom. The van der Waals surface area contributed by atoms with Crippen LogP contribution in [0.25, 0.3) is 0 Å². The summed E-state index contributed by atoms with van der Waals surface area (Å²) < 4.78 is 12.7. The summed E-state index contributed by atoms with van der Waals surface area (Å²) in [5.41, 5.74) is 5.90. The van der Waals surface area contributed by atoms with E-state index in [9.17, 15) is 9.18 Å². The molecular weight excluding hydrogens is 195 g/mol. The molecule has 4 heteroatoms. The number of rotatable bonds is 3. The Morgan fingerprint density at radius 3 is 2.47 bits per heavy atom. The first-order valence-electron chi connectivity index (χ1n) is 4.93. The van der Waals surface area contributed by atoms with Crippen molar-refractivity contribution in [3.05, 3.63) is 35.6 Å². The van der Waals surface area contributed by atoms with E-state index in [-0.39, 0.29) is 23.8 Å². The molecule has 1 aromatic carbocycles. The molecule has 0 saturated heterocycles. The zero-order valence-electron chi connectivity index (χ0n) is 8.29. The molecule has 3 nitrogen and oxygen atoms in total. The summed E-state index contributed by atoms with van der Waals surface area (Å²) in [5.74, 6) is -0.434. The van der Waals surface area contributed by atoms with Gasteiger partial charge in [-0.05, 0) is 30.5 Å². The summed E-state index contributed by atoms with van der Waals surface area (Å²) >= 11 is 0. The lowest BCUT2D eigenvalue weighted by Crippen LogP contribution is -2.38. The van der Waals surface area contributed by atoms with E-state index in [4.69, 9.17) is 5.73 Å². The molecule has 1 aromatic rings. The van der Waals surface area contributed by atoms with Gasteiger partial charge in [0.05, 0.1) is 12.1 Å². The molecule has 3 N–H and O–H groups in total. The summed E-state index contributed by atoms with van der Waals surface area (Å²) in [7, 11) is 0. The monoisotopic (exact) mass is 208 g/mol. The van der Waals surface area contributed by atoms with Gasteiger partial charge in [0.1, 0.15) is 5.82 Å². The van der Waals surface area contributed by atoms with Crippen LogP contribution < -0.4 is 11.1 Å². The predicted molar refractivity (Wildman–Crippen MR) is 54.5 cm³/mol. The van der Waals surface area contributed by atoms with Crippen molar-refractivity contribution in [1.82, 2.24) is 5.32 Å². The highest BCUT2D eigenvalue weighted by molar-refractivity contribution is 5.79. The highest BCUT2D eigenvalue weighted by Gasteiger charge is 2.45. The van der Waals surface area contributed by atoms with Crippen LogP contribution >= 0.6 is 0 Å². The van der Waals surface area contributed by atoms with Gasteiger partial charge in [-0.3, -0.25) is 4.79 Å². The molecule has 80 valence electrons. The Bertz CT molecular complexity index is 371. The van der Waals surface area contributed by atoms with E-state index >= 15 is 0 Å². The first-order valence-corrected chi connectivity index (χ1v) is 4.93. The average Bonchev–Trinajstić information content (AvgIpc) is 3.00. The number of amides is 1. The molecule has 0 atom stereocenters. The third-order valence-electron chi connectivity index (χ3n) is 2.71. The zero-order valence-corrected chi connectivity index (χ0v) is 8.29. The average molecular weight is 208 g/mol. The van der Waals surface area contributed by atoms with Crippen molar-refractivity contribution in [3.8, 4) is 0 Å². The Balaban J connectivity index is 2.16. The fourth-order valence-electron chi connectivity index (χ4n) is 1.70. The summed E-state index contributed by atoms with van der Waals surface area (Å²) in [6, 6.07) is 6.23.